The number of sulfone groups is 1. The summed E-state index contributed by atoms with van der Waals surface area (Å²) in [5.74, 6) is 0.0674. The summed E-state index contributed by atoms with van der Waals surface area (Å²) in [4.78, 5) is 15.0. The number of nitrogens with zero attached hydrogens (tertiary/aromatic N) is 1. The highest BCUT2D eigenvalue weighted by Crippen LogP contribution is 2.23. The van der Waals surface area contributed by atoms with E-state index in [2.05, 4.69) is 17.1 Å². The minimum Gasteiger partial charge on any atom is -0.496 e. The zero-order valence-electron chi connectivity index (χ0n) is 14.5. The first-order chi connectivity index (χ1) is 11.4. The van der Waals surface area contributed by atoms with Gasteiger partial charge in [-0.05, 0) is 44.1 Å². The molecule has 0 saturated carbocycles. The number of carbonyl (C=O) groups excluding carboxylic acids is 1. The Labute approximate surface area is 144 Å². The molecule has 0 spiro atoms. The largest absolute Gasteiger partial charge is 0.496 e. The molecular weight excluding hydrogens is 328 g/mol. The normalized spacial score (nSPS) is 18.5. The Morgan fingerprint density at radius 2 is 2.12 bits per heavy atom. The molecule has 1 amide bonds. The van der Waals surface area contributed by atoms with Crippen LogP contribution in [0.3, 0.4) is 0 Å². The van der Waals surface area contributed by atoms with Gasteiger partial charge < -0.3 is 10.1 Å². The lowest BCUT2D eigenvalue weighted by atomic mass is 10.1. The molecule has 1 heterocycles. The summed E-state index contributed by atoms with van der Waals surface area (Å²) in [5.41, 5.74) is 0.257. The minimum atomic E-state index is -3.37. The lowest BCUT2D eigenvalue weighted by Gasteiger charge is -2.23. The maximum absolute atomic E-state index is 12.5. The zero-order chi connectivity index (χ0) is 17.7. The van der Waals surface area contributed by atoms with E-state index >= 15 is 0 Å². The molecule has 1 fully saturated rings. The SMILES string of the molecule is CCN1CCC[C@@H]1CNC(=O)c1cc(S(=O)(=O)CC)ccc1OC. The van der Waals surface area contributed by atoms with Crippen LogP contribution in [0.15, 0.2) is 23.1 Å². The fourth-order valence-electron chi connectivity index (χ4n) is 3.07. The third kappa shape index (κ3) is 4.08. The Hall–Kier alpha value is -1.60. The van der Waals surface area contributed by atoms with Gasteiger partial charge in [0.05, 0.1) is 23.3 Å². The molecule has 0 radical (unpaired) electrons. The lowest BCUT2D eigenvalue weighted by Crippen LogP contribution is -2.40. The van der Waals surface area contributed by atoms with Gasteiger partial charge in [0, 0.05) is 12.6 Å². The van der Waals surface area contributed by atoms with Crippen LogP contribution in [0.5, 0.6) is 5.75 Å². The van der Waals surface area contributed by atoms with E-state index in [1.807, 2.05) is 0 Å². The summed E-state index contributed by atoms with van der Waals surface area (Å²) in [6.07, 6.45) is 2.21. The van der Waals surface area contributed by atoms with Gasteiger partial charge in [0.15, 0.2) is 9.84 Å². The van der Waals surface area contributed by atoms with Crippen LogP contribution < -0.4 is 10.1 Å². The molecule has 0 unspecified atom stereocenters. The molecule has 1 saturated heterocycles. The molecule has 0 bridgehead atoms. The summed E-state index contributed by atoms with van der Waals surface area (Å²) in [6.45, 7) is 6.28. The number of carbonyl (C=O) groups is 1. The molecule has 2 rings (SSSR count). The van der Waals surface area contributed by atoms with Gasteiger partial charge >= 0.3 is 0 Å². The van der Waals surface area contributed by atoms with Crippen molar-refractivity contribution in [3.63, 3.8) is 0 Å². The molecule has 1 aromatic carbocycles. The molecule has 1 aromatic rings. The van der Waals surface area contributed by atoms with Crippen molar-refractivity contribution >= 4 is 15.7 Å². The Balaban J connectivity index is 2.17. The Morgan fingerprint density at radius 3 is 2.75 bits per heavy atom. The van der Waals surface area contributed by atoms with Gasteiger partial charge in [-0.2, -0.15) is 0 Å². The van der Waals surface area contributed by atoms with E-state index < -0.39 is 9.84 Å². The number of likely N-dealkylation sites (N-methyl/N-ethyl adjacent to an activating group) is 1. The van der Waals surface area contributed by atoms with Crippen molar-refractivity contribution in [2.75, 3.05) is 32.5 Å². The van der Waals surface area contributed by atoms with E-state index in [1.54, 1.807) is 6.92 Å². The molecular formula is C17H26N2O4S. The van der Waals surface area contributed by atoms with Crippen molar-refractivity contribution < 1.29 is 17.9 Å². The van der Waals surface area contributed by atoms with E-state index in [1.165, 1.54) is 25.3 Å². The van der Waals surface area contributed by atoms with Gasteiger partial charge in [-0.25, -0.2) is 8.42 Å². The van der Waals surface area contributed by atoms with Crippen LogP contribution in [0.25, 0.3) is 0 Å². The summed E-state index contributed by atoms with van der Waals surface area (Å²) in [5, 5.41) is 2.92. The summed E-state index contributed by atoms with van der Waals surface area (Å²) < 4.78 is 29.3. The van der Waals surface area contributed by atoms with Crippen molar-refractivity contribution in [2.24, 2.45) is 0 Å². The quantitative estimate of drug-likeness (QED) is 0.807. The van der Waals surface area contributed by atoms with Gasteiger partial charge in [0.25, 0.3) is 5.91 Å². The van der Waals surface area contributed by atoms with E-state index in [0.717, 1.165) is 25.9 Å². The number of methoxy groups -OCH3 is 1. The Morgan fingerprint density at radius 1 is 1.38 bits per heavy atom. The first kappa shape index (κ1) is 18.7. The second kappa shape index (κ2) is 7.98. The number of amides is 1. The third-order valence-corrected chi connectivity index (χ3v) is 6.29. The van der Waals surface area contributed by atoms with E-state index in [0.29, 0.717) is 18.3 Å². The number of ether oxygens (including phenoxy) is 1. The van der Waals surface area contributed by atoms with Crippen molar-refractivity contribution in [3.05, 3.63) is 23.8 Å². The molecule has 1 N–H and O–H groups in total. The van der Waals surface area contributed by atoms with Crippen molar-refractivity contribution in [1.29, 1.82) is 0 Å². The highest BCUT2D eigenvalue weighted by Gasteiger charge is 2.24. The van der Waals surface area contributed by atoms with E-state index in [9.17, 15) is 13.2 Å². The average Bonchev–Trinajstić information content (AvgIpc) is 3.06. The maximum Gasteiger partial charge on any atom is 0.255 e. The highest BCUT2D eigenvalue weighted by atomic mass is 32.2. The summed E-state index contributed by atoms with van der Waals surface area (Å²) in [7, 11) is -1.90. The van der Waals surface area contributed by atoms with Crippen LogP contribution in [-0.4, -0.2) is 57.8 Å². The van der Waals surface area contributed by atoms with Gasteiger partial charge in [0.2, 0.25) is 0 Å². The molecule has 1 atom stereocenters. The first-order valence-corrected chi connectivity index (χ1v) is 10.0. The Bertz CT molecular complexity index is 688. The second-order valence-corrected chi connectivity index (χ2v) is 8.18. The van der Waals surface area contributed by atoms with Gasteiger partial charge in [-0.3, -0.25) is 9.69 Å². The number of likely N-dealkylation sites (tertiary alicyclic amines) is 1. The van der Waals surface area contributed by atoms with Crippen LogP contribution in [0.2, 0.25) is 0 Å². The number of rotatable bonds is 7. The summed E-state index contributed by atoms with van der Waals surface area (Å²) >= 11 is 0. The maximum atomic E-state index is 12.5. The second-order valence-electron chi connectivity index (χ2n) is 5.90. The van der Waals surface area contributed by atoms with Crippen molar-refractivity contribution in [2.45, 2.75) is 37.6 Å². The predicted molar refractivity (Wildman–Crippen MR) is 93.3 cm³/mol. The topological polar surface area (TPSA) is 75.7 Å². The smallest absolute Gasteiger partial charge is 0.255 e. The van der Waals surface area contributed by atoms with Crippen LogP contribution in [-0.2, 0) is 9.84 Å². The fraction of sp³-hybridized carbons (Fsp3) is 0.588. The molecule has 6 nitrogen and oxygen atoms in total. The van der Waals surface area contributed by atoms with Crippen molar-refractivity contribution in [3.8, 4) is 5.75 Å². The minimum absolute atomic E-state index is 0.00603. The van der Waals surface area contributed by atoms with Crippen LogP contribution in [0, 0.1) is 0 Å². The molecule has 24 heavy (non-hydrogen) atoms. The monoisotopic (exact) mass is 354 g/mol. The zero-order valence-corrected chi connectivity index (χ0v) is 15.4. The highest BCUT2D eigenvalue weighted by molar-refractivity contribution is 7.91. The fourth-order valence-corrected chi connectivity index (χ4v) is 3.98. The molecule has 1 aliphatic heterocycles. The molecule has 7 heteroatoms. The molecule has 0 aliphatic carbocycles. The average molecular weight is 354 g/mol. The van der Waals surface area contributed by atoms with Gasteiger partial charge in [-0.1, -0.05) is 13.8 Å². The van der Waals surface area contributed by atoms with Crippen LogP contribution >= 0.6 is 0 Å². The summed E-state index contributed by atoms with van der Waals surface area (Å²) in [6, 6.07) is 4.75. The van der Waals surface area contributed by atoms with E-state index in [-0.39, 0.29) is 22.1 Å². The van der Waals surface area contributed by atoms with Gasteiger partial charge in [0.1, 0.15) is 5.75 Å². The number of hydrogen-bond donors (Lipinski definition) is 1. The van der Waals surface area contributed by atoms with Crippen molar-refractivity contribution in [1.82, 2.24) is 10.2 Å². The lowest BCUT2D eigenvalue weighted by molar-refractivity contribution is 0.0938. The number of hydrogen-bond acceptors (Lipinski definition) is 5. The molecule has 1 aliphatic rings. The first-order valence-electron chi connectivity index (χ1n) is 8.36. The van der Waals surface area contributed by atoms with Crippen LogP contribution in [0.1, 0.15) is 37.0 Å². The van der Waals surface area contributed by atoms with E-state index in [4.69, 9.17) is 4.74 Å². The predicted octanol–water partition coefficient (Wildman–Crippen LogP) is 1.70. The third-order valence-electron chi connectivity index (χ3n) is 4.56. The number of nitrogens with one attached hydrogen (secondary N) is 1. The standard InChI is InChI=1S/C17H26N2O4S/c1-4-19-10-6-7-13(19)12-18-17(20)15-11-14(24(21,22)5-2)8-9-16(15)23-3/h8-9,11,13H,4-7,10,12H2,1-3H3,(H,18,20)/t13-/m1/s1. The number of benzene rings is 1. The molecule has 0 aromatic heterocycles. The van der Waals surface area contributed by atoms with Crippen LogP contribution in [0.4, 0.5) is 0 Å². The van der Waals surface area contributed by atoms with Gasteiger partial charge in [-0.15, -0.1) is 0 Å². The molecule has 134 valence electrons. The Kier molecular flexibility index (Phi) is 6.23.